The summed E-state index contributed by atoms with van der Waals surface area (Å²) in [6.45, 7) is 7.36. The SMILES string of the molecule is COc1cc2c(cc1OC)C1(CCN(Cc3c(C)noc3C)CC1)OCC2.O=CO. The Morgan fingerprint density at radius 1 is 1.20 bits per heavy atom. The van der Waals surface area contributed by atoms with Gasteiger partial charge in [0.15, 0.2) is 11.5 Å². The van der Waals surface area contributed by atoms with Crippen LogP contribution in [0.2, 0.25) is 0 Å². The largest absolute Gasteiger partial charge is 0.493 e. The Hall–Kier alpha value is -2.58. The Labute approximate surface area is 176 Å². The number of fused-ring (bicyclic) bond motifs is 2. The van der Waals surface area contributed by atoms with Crippen molar-refractivity contribution in [1.82, 2.24) is 10.1 Å². The zero-order valence-corrected chi connectivity index (χ0v) is 18.1. The van der Waals surface area contributed by atoms with E-state index >= 15 is 0 Å². The number of likely N-dealkylation sites (tertiary alicyclic amines) is 1. The molecule has 0 atom stereocenters. The first kappa shape index (κ1) is 22.1. The van der Waals surface area contributed by atoms with Crippen LogP contribution in [0.5, 0.6) is 11.5 Å². The first-order valence-corrected chi connectivity index (χ1v) is 10.1. The molecule has 1 N–H and O–H groups in total. The van der Waals surface area contributed by atoms with E-state index in [0.717, 1.165) is 68.5 Å². The van der Waals surface area contributed by atoms with Gasteiger partial charge in [0.05, 0.1) is 32.1 Å². The summed E-state index contributed by atoms with van der Waals surface area (Å²) in [7, 11) is 3.37. The molecule has 0 unspecified atom stereocenters. The van der Waals surface area contributed by atoms with Crippen molar-refractivity contribution in [1.29, 1.82) is 0 Å². The first-order valence-electron chi connectivity index (χ1n) is 10.1. The van der Waals surface area contributed by atoms with Crippen molar-refractivity contribution in [2.75, 3.05) is 33.9 Å². The van der Waals surface area contributed by atoms with Crippen LogP contribution in [0.15, 0.2) is 16.7 Å². The average Bonchev–Trinajstić information content (AvgIpc) is 3.07. The minimum atomic E-state index is -0.250. The molecule has 2 aromatic rings. The van der Waals surface area contributed by atoms with Gasteiger partial charge in [-0.1, -0.05) is 5.16 Å². The van der Waals surface area contributed by atoms with Gasteiger partial charge in [-0.2, -0.15) is 0 Å². The van der Waals surface area contributed by atoms with Crippen LogP contribution in [0.1, 0.15) is 41.0 Å². The van der Waals surface area contributed by atoms with Gasteiger partial charge in [0.1, 0.15) is 5.76 Å². The van der Waals surface area contributed by atoms with E-state index in [2.05, 4.69) is 22.2 Å². The van der Waals surface area contributed by atoms with Gasteiger partial charge in [0.2, 0.25) is 0 Å². The third-order valence-corrected chi connectivity index (χ3v) is 6.08. The van der Waals surface area contributed by atoms with Crippen molar-refractivity contribution in [3.63, 3.8) is 0 Å². The lowest BCUT2D eigenvalue weighted by Crippen LogP contribution is -2.46. The summed E-state index contributed by atoms with van der Waals surface area (Å²) >= 11 is 0. The topological polar surface area (TPSA) is 94.3 Å². The molecule has 1 spiro atoms. The lowest BCUT2D eigenvalue weighted by molar-refractivity contribution is -0.122. The number of aryl methyl sites for hydroxylation is 2. The second kappa shape index (κ2) is 9.49. The van der Waals surface area contributed by atoms with Crippen molar-refractivity contribution >= 4 is 6.47 Å². The molecule has 8 heteroatoms. The summed E-state index contributed by atoms with van der Waals surface area (Å²) in [4.78, 5) is 10.8. The highest BCUT2D eigenvalue weighted by Gasteiger charge is 2.41. The van der Waals surface area contributed by atoms with Gasteiger partial charge in [-0.3, -0.25) is 9.69 Å². The molecule has 2 aliphatic heterocycles. The summed E-state index contributed by atoms with van der Waals surface area (Å²) in [6.07, 6.45) is 2.86. The van der Waals surface area contributed by atoms with Crippen molar-refractivity contribution in [2.24, 2.45) is 0 Å². The number of carboxylic acid groups (broad SMARTS) is 1. The van der Waals surface area contributed by atoms with E-state index in [1.54, 1.807) is 14.2 Å². The molecule has 30 heavy (non-hydrogen) atoms. The number of methoxy groups -OCH3 is 2. The average molecular weight is 418 g/mol. The van der Waals surface area contributed by atoms with Crippen LogP contribution in [0, 0.1) is 13.8 Å². The minimum Gasteiger partial charge on any atom is -0.493 e. The predicted octanol–water partition coefficient (Wildman–Crippen LogP) is 3.07. The van der Waals surface area contributed by atoms with Gasteiger partial charge >= 0.3 is 0 Å². The van der Waals surface area contributed by atoms with E-state index in [-0.39, 0.29) is 12.1 Å². The monoisotopic (exact) mass is 418 g/mol. The lowest BCUT2D eigenvalue weighted by Gasteiger charge is -2.45. The smallest absolute Gasteiger partial charge is 0.290 e. The fourth-order valence-electron chi connectivity index (χ4n) is 4.42. The molecular weight excluding hydrogens is 388 g/mol. The summed E-state index contributed by atoms with van der Waals surface area (Å²) in [5, 5.41) is 11.0. The van der Waals surface area contributed by atoms with E-state index < -0.39 is 0 Å². The Balaban J connectivity index is 0.000000806. The highest BCUT2D eigenvalue weighted by atomic mass is 16.5. The summed E-state index contributed by atoms with van der Waals surface area (Å²) in [5.74, 6) is 2.49. The molecule has 3 heterocycles. The van der Waals surface area contributed by atoms with Gasteiger partial charge < -0.3 is 23.8 Å². The van der Waals surface area contributed by atoms with Crippen LogP contribution < -0.4 is 9.47 Å². The fraction of sp³-hybridized carbons (Fsp3) is 0.545. The first-order chi connectivity index (χ1) is 14.5. The number of hydrogen-bond donors (Lipinski definition) is 1. The van der Waals surface area contributed by atoms with Crippen molar-refractivity contribution in [3.8, 4) is 11.5 Å². The van der Waals surface area contributed by atoms with E-state index in [4.69, 9.17) is 28.6 Å². The van der Waals surface area contributed by atoms with Crippen molar-refractivity contribution in [2.45, 2.75) is 45.3 Å². The van der Waals surface area contributed by atoms with Crippen LogP contribution in [0.25, 0.3) is 0 Å². The molecule has 1 fully saturated rings. The fourth-order valence-corrected chi connectivity index (χ4v) is 4.42. The molecular formula is C22H30N2O6. The van der Waals surface area contributed by atoms with E-state index in [1.165, 1.54) is 16.7 Å². The minimum absolute atomic E-state index is 0.220. The zero-order valence-electron chi connectivity index (χ0n) is 18.1. The molecule has 164 valence electrons. The number of aromatic nitrogens is 1. The van der Waals surface area contributed by atoms with Crippen molar-refractivity contribution in [3.05, 3.63) is 40.3 Å². The Bertz CT molecular complexity index is 851. The second-order valence-corrected chi connectivity index (χ2v) is 7.64. The van der Waals surface area contributed by atoms with Gasteiger partial charge in [-0.25, -0.2) is 0 Å². The maximum Gasteiger partial charge on any atom is 0.290 e. The van der Waals surface area contributed by atoms with Crippen molar-refractivity contribution < 1.29 is 28.6 Å². The molecule has 2 aliphatic rings. The molecule has 8 nitrogen and oxygen atoms in total. The maximum absolute atomic E-state index is 8.36. The maximum atomic E-state index is 8.36. The number of nitrogens with zero attached hydrogens (tertiary/aromatic N) is 2. The third kappa shape index (κ3) is 4.29. The van der Waals surface area contributed by atoms with E-state index in [0.29, 0.717) is 0 Å². The number of hydrogen-bond acceptors (Lipinski definition) is 7. The van der Waals surface area contributed by atoms with Crippen LogP contribution in [0.4, 0.5) is 0 Å². The lowest BCUT2D eigenvalue weighted by atomic mass is 9.79. The second-order valence-electron chi connectivity index (χ2n) is 7.64. The predicted molar refractivity (Wildman–Crippen MR) is 110 cm³/mol. The van der Waals surface area contributed by atoms with Crippen LogP contribution in [-0.2, 0) is 28.1 Å². The van der Waals surface area contributed by atoms with Gasteiger partial charge in [-0.15, -0.1) is 0 Å². The molecule has 4 rings (SSSR count). The number of benzene rings is 1. The number of rotatable bonds is 4. The normalized spacial score (nSPS) is 17.6. The Kier molecular flexibility index (Phi) is 6.99. The Morgan fingerprint density at radius 3 is 2.40 bits per heavy atom. The van der Waals surface area contributed by atoms with Gasteiger partial charge in [0, 0.05) is 25.2 Å². The number of carbonyl (C=O) groups is 1. The third-order valence-electron chi connectivity index (χ3n) is 6.08. The highest BCUT2D eigenvalue weighted by Crippen LogP contribution is 2.45. The van der Waals surface area contributed by atoms with Gasteiger partial charge in [0.25, 0.3) is 6.47 Å². The quantitative estimate of drug-likeness (QED) is 0.757. The molecule has 0 bridgehead atoms. The molecule has 0 aliphatic carbocycles. The molecule has 1 saturated heterocycles. The van der Waals surface area contributed by atoms with E-state index in [1.807, 2.05) is 13.8 Å². The van der Waals surface area contributed by atoms with Gasteiger partial charge in [-0.05, 0) is 56.4 Å². The summed E-state index contributed by atoms with van der Waals surface area (Å²) in [6, 6.07) is 4.24. The molecule has 0 amide bonds. The van der Waals surface area contributed by atoms with Crippen LogP contribution in [-0.4, -0.2) is 55.6 Å². The number of ether oxygens (including phenoxy) is 3. The summed E-state index contributed by atoms with van der Waals surface area (Å²) in [5.41, 5.74) is 4.57. The van der Waals surface area contributed by atoms with E-state index in [9.17, 15) is 0 Å². The molecule has 0 saturated carbocycles. The molecule has 1 aromatic heterocycles. The van der Waals surface area contributed by atoms with Crippen LogP contribution in [0.3, 0.4) is 0 Å². The van der Waals surface area contributed by atoms with Crippen LogP contribution >= 0.6 is 0 Å². The summed E-state index contributed by atoms with van der Waals surface area (Å²) < 4.78 is 22.7. The molecule has 0 radical (unpaired) electrons. The molecule has 1 aromatic carbocycles. The number of piperidine rings is 1. The Morgan fingerprint density at radius 2 is 1.83 bits per heavy atom. The standard InChI is InChI=1S/C21H28N2O4.CH2O2/c1-14-17(15(2)27-22-14)13-23-8-6-21(7-9-23)18-12-20(25-4)19(24-3)11-16(18)5-10-26-21;2-1-3/h11-12H,5-10,13H2,1-4H3;1H,(H,2,3). The highest BCUT2D eigenvalue weighted by molar-refractivity contribution is 5.50. The zero-order chi connectivity index (χ0) is 21.7.